The molecule has 0 bridgehead atoms. The van der Waals surface area contributed by atoms with Gasteiger partial charge < -0.3 is 15.2 Å². The van der Waals surface area contributed by atoms with Crippen molar-refractivity contribution >= 4 is 17.2 Å². The van der Waals surface area contributed by atoms with Gasteiger partial charge in [0, 0.05) is 29.5 Å². The number of anilines is 1. The minimum atomic E-state index is -0.120. The zero-order chi connectivity index (χ0) is 16.7. The highest BCUT2D eigenvalue weighted by Crippen LogP contribution is 2.41. The molecule has 2 N–H and O–H groups in total. The van der Waals surface area contributed by atoms with Crippen LogP contribution in [0.2, 0.25) is 0 Å². The SMILES string of the molecule is COCCOCC1N=C2c3ccccc3C(=O)c3c(N)ccc1c32. The van der Waals surface area contributed by atoms with Gasteiger partial charge in [0.1, 0.15) is 0 Å². The summed E-state index contributed by atoms with van der Waals surface area (Å²) in [5, 5.41) is 0. The fourth-order valence-corrected chi connectivity index (χ4v) is 3.39. The Morgan fingerprint density at radius 3 is 2.67 bits per heavy atom. The molecule has 1 heterocycles. The number of carbonyl (C=O) groups excluding carboxylic acids is 1. The van der Waals surface area contributed by atoms with Gasteiger partial charge in [-0.15, -0.1) is 0 Å². The molecular weight excluding hydrogens is 304 g/mol. The zero-order valence-corrected chi connectivity index (χ0v) is 13.4. The predicted molar refractivity (Wildman–Crippen MR) is 91.8 cm³/mol. The summed E-state index contributed by atoms with van der Waals surface area (Å²) < 4.78 is 10.7. The molecule has 5 heteroatoms. The lowest BCUT2D eigenvalue weighted by atomic mass is 9.81. The summed E-state index contributed by atoms with van der Waals surface area (Å²) in [6, 6.07) is 11.2. The third-order valence-corrected chi connectivity index (χ3v) is 4.51. The fraction of sp³-hybridized carbons (Fsp3) is 0.263. The van der Waals surface area contributed by atoms with E-state index in [1.807, 2.05) is 30.3 Å². The molecule has 1 aliphatic carbocycles. The number of hydrogen-bond acceptors (Lipinski definition) is 5. The molecule has 4 rings (SSSR count). The number of aliphatic imine (C=N–C) groups is 1. The first kappa shape index (κ1) is 15.1. The van der Waals surface area contributed by atoms with Gasteiger partial charge in [-0.3, -0.25) is 9.79 Å². The topological polar surface area (TPSA) is 73.9 Å². The molecule has 5 nitrogen and oxygen atoms in total. The average Bonchev–Trinajstić information content (AvgIpc) is 2.97. The maximum absolute atomic E-state index is 12.9. The van der Waals surface area contributed by atoms with Crippen LogP contribution in [0.1, 0.15) is 38.7 Å². The monoisotopic (exact) mass is 322 g/mol. The first-order chi connectivity index (χ1) is 11.7. The van der Waals surface area contributed by atoms with Crippen molar-refractivity contribution in [1.29, 1.82) is 0 Å². The zero-order valence-electron chi connectivity index (χ0n) is 13.4. The van der Waals surface area contributed by atoms with Crippen molar-refractivity contribution in [2.75, 3.05) is 32.7 Å². The van der Waals surface area contributed by atoms with Gasteiger partial charge in [-0.1, -0.05) is 30.3 Å². The molecule has 1 unspecified atom stereocenters. The van der Waals surface area contributed by atoms with E-state index in [4.69, 9.17) is 20.2 Å². The van der Waals surface area contributed by atoms with Crippen molar-refractivity contribution < 1.29 is 14.3 Å². The maximum atomic E-state index is 12.9. The summed E-state index contributed by atoms with van der Waals surface area (Å²) in [4.78, 5) is 17.7. The molecule has 24 heavy (non-hydrogen) atoms. The summed E-state index contributed by atoms with van der Waals surface area (Å²) in [7, 11) is 1.64. The van der Waals surface area contributed by atoms with Crippen LogP contribution in [0.3, 0.4) is 0 Å². The van der Waals surface area contributed by atoms with E-state index >= 15 is 0 Å². The number of fused-ring (bicyclic) bond motifs is 2. The van der Waals surface area contributed by atoms with Gasteiger partial charge in [0.15, 0.2) is 5.78 Å². The number of benzene rings is 2. The average molecular weight is 322 g/mol. The Kier molecular flexibility index (Phi) is 3.67. The number of hydrogen-bond donors (Lipinski definition) is 1. The van der Waals surface area contributed by atoms with Crippen LogP contribution in [-0.2, 0) is 9.47 Å². The van der Waals surface area contributed by atoms with E-state index in [0.717, 1.165) is 22.4 Å². The molecule has 0 fully saturated rings. The van der Waals surface area contributed by atoms with E-state index in [-0.39, 0.29) is 11.8 Å². The minimum absolute atomic E-state index is 0.0279. The molecule has 2 aromatic rings. The van der Waals surface area contributed by atoms with E-state index < -0.39 is 0 Å². The number of nitrogen functional groups attached to an aromatic ring is 1. The summed E-state index contributed by atoms with van der Waals surface area (Å²) in [6.07, 6.45) is 0. The first-order valence-corrected chi connectivity index (χ1v) is 7.93. The van der Waals surface area contributed by atoms with Crippen molar-refractivity contribution in [3.8, 4) is 0 Å². The molecule has 0 saturated heterocycles. The summed E-state index contributed by atoms with van der Waals surface area (Å²) in [5.74, 6) is -0.0279. The van der Waals surface area contributed by atoms with Crippen LogP contribution in [0.15, 0.2) is 41.4 Å². The molecule has 0 radical (unpaired) electrons. The van der Waals surface area contributed by atoms with Gasteiger partial charge in [0.2, 0.25) is 0 Å². The second-order valence-electron chi connectivity index (χ2n) is 5.93. The van der Waals surface area contributed by atoms with Gasteiger partial charge in [-0.25, -0.2) is 0 Å². The Morgan fingerprint density at radius 1 is 1.08 bits per heavy atom. The van der Waals surface area contributed by atoms with Crippen LogP contribution in [0.4, 0.5) is 5.69 Å². The van der Waals surface area contributed by atoms with Crippen LogP contribution in [0.5, 0.6) is 0 Å². The van der Waals surface area contributed by atoms with Crippen LogP contribution in [0, 0.1) is 0 Å². The number of ether oxygens (including phenoxy) is 2. The fourth-order valence-electron chi connectivity index (χ4n) is 3.39. The van der Waals surface area contributed by atoms with Crippen molar-refractivity contribution in [3.63, 3.8) is 0 Å². The Morgan fingerprint density at radius 2 is 1.88 bits per heavy atom. The minimum Gasteiger partial charge on any atom is -0.398 e. The third-order valence-electron chi connectivity index (χ3n) is 4.51. The number of carbonyl (C=O) groups is 1. The molecule has 1 aliphatic heterocycles. The van der Waals surface area contributed by atoms with Gasteiger partial charge in [0.05, 0.1) is 37.1 Å². The second kappa shape index (κ2) is 5.85. The Balaban J connectivity index is 1.80. The maximum Gasteiger partial charge on any atom is 0.196 e. The lowest BCUT2D eigenvalue weighted by Gasteiger charge is -2.20. The molecule has 0 aromatic heterocycles. The van der Waals surface area contributed by atoms with E-state index in [0.29, 0.717) is 36.6 Å². The smallest absolute Gasteiger partial charge is 0.196 e. The van der Waals surface area contributed by atoms with Crippen LogP contribution in [0.25, 0.3) is 0 Å². The Labute approximate surface area is 140 Å². The molecule has 2 aliphatic rings. The predicted octanol–water partition coefficient (Wildman–Crippen LogP) is 2.37. The van der Waals surface area contributed by atoms with Gasteiger partial charge in [-0.05, 0) is 11.6 Å². The molecular formula is C19H18N2O3. The highest BCUT2D eigenvalue weighted by atomic mass is 16.5. The van der Waals surface area contributed by atoms with Crippen molar-refractivity contribution in [3.05, 3.63) is 64.2 Å². The largest absolute Gasteiger partial charge is 0.398 e. The number of methoxy groups -OCH3 is 1. The normalized spacial score (nSPS) is 17.5. The Bertz CT molecular complexity index is 858. The van der Waals surface area contributed by atoms with Gasteiger partial charge in [-0.2, -0.15) is 0 Å². The number of rotatable bonds is 5. The van der Waals surface area contributed by atoms with Gasteiger partial charge in [0.25, 0.3) is 0 Å². The molecule has 0 saturated carbocycles. The molecule has 122 valence electrons. The van der Waals surface area contributed by atoms with Crippen molar-refractivity contribution in [2.45, 2.75) is 6.04 Å². The number of nitrogens with zero attached hydrogens (tertiary/aromatic N) is 1. The van der Waals surface area contributed by atoms with E-state index in [2.05, 4.69) is 0 Å². The summed E-state index contributed by atoms with van der Waals surface area (Å²) in [5.41, 5.74) is 11.5. The van der Waals surface area contributed by atoms with Gasteiger partial charge >= 0.3 is 0 Å². The van der Waals surface area contributed by atoms with E-state index in [9.17, 15) is 4.79 Å². The third kappa shape index (κ3) is 2.17. The lowest BCUT2D eigenvalue weighted by Crippen LogP contribution is -2.22. The van der Waals surface area contributed by atoms with E-state index in [1.165, 1.54) is 0 Å². The molecule has 1 atom stereocenters. The number of nitrogens with two attached hydrogens (primary N) is 1. The highest BCUT2D eigenvalue weighted by molar-refractivity contribution is 6.32. The standard InChI is InChI=1S/C19H18N2O3/c1-23-8-9-24-10-15-13-6-7-14(20)17-16(13)18(21-15)11-4-2-3-5-12(11)19(17)22/h2-7,15H,8-10,20H2,1H3. The number of ketones is 1. The summed E-state index contributed by atoms with van der Waals surface area (Å²) >= 11 is 0. The highest BCUT2D eigenvalue weighted by Gasteiger charge is 2.37. The van der Waals surface area contributed by atoms with E-state index in [1.54, 1.807) is 13.2 Å². The lowest BCUT2D eigenvalue weighted by molar-refractivity contribution is 0.0642. The molecule has 0 spiro atoms. The van der Waals surface area contributed by atoms with Crippen molar-refractivity contribution in [2.24, 2.45) is 4.99 Å². The van der Waals surface area contributed by atoms with Crippen LogP contribution < -0.4 is 5.73 Å². The second-order valence-corrected chi connectivity index (χ2v) is 5.93. The first-order valence-electron chi connectivity index (χ1n) is 7.93. The van der Waals surface area contributed by atoms with Crippen LogP contribution in [-0.4, -0.2) is 38.4 Å². The Hall–Kier alpha value is -2.50. The van der Waals surface area contributed by atoms with Crippen molar-refractivity contribution in [1.82, 2.24) is 0 Å². The quantitative estimate of drug-likeness (QED) is 0.578. The summed E-state index contributed by atoms with van der Waals surface area (Å²) in [6.45, 7) is 1.52. The molecule has 2 aromatic carbocycles. The van der Waals surface area contributed by atoms with Crippen LogP contribution >= 0.6 is 0 Å². The molecule has 0 amide bonds.